The molecule has 0 bridgehead atoms. The van der Waals surface area contributed by atoms with Crippen LogP contribution in [-0.4, -0.2) is 10.1 Å². The minimum atomic E-state index is 0.423. The highest BCUT2D eigenvalue weighted by molar-refractivity contribution is 6.31. The molecule has 0 unspecified atom stereocenters. The molecule has 0 saturated heterocycles. The van der Waals surface area contributed by atoms with E-state index in [1.807, 2.05) is 44.2 Å². The Morgan fingerprint density at radius 3 is 2.62 bits per heavy atom. The minimum Gasteiger partial charge on any atom is -0.380 e. The molecule has 122 valence electrons. The van der Waals surface area contributed by atoms with Crippen molar-refractivity contribution in [1.29, 1.82) is 0 Å². The summed E-state index contributed by atoms with van der Waals surface area (Å²) in [6.07, 6.45) is 2.45. The Morgan fingerprint density at radius 2 is 1.79 bits per heavy atom. The van der Waals surface area contributed by atoms with Crippen molar-refractivity contribution in [3.05, 3.63) is 64.8 Å². The van der Waals surface area contributed by atoms with Gasteiger partial charge in [0.1, 0.15) is 0 Å². The lowest BCUT2D eigenvalue weighted by Gasteiger charge is -2.04. The van der Waals surface area contributed by atoms with Crippen molar-refractivity contribution >= 4 is 39.3 Å². The van der Waals surface area contributed by atoms with E-state index < -0.39 is 0 Å². The number of benzene rings is 2. The predicted octanol–water partition coefficient (Wildman–Crippen LogP) is 5.23. The first-order valence-corrected chi connectivity index (χ1v) is 8.25. The van der Waals surface area contributed by atoms with Crippen LogP contribution in [0.4, 0.5) is 5.82 Å². The Labute approximate surface area is 145 Å². The molecule has 0 aliphatic carbocycles. The number of hydrogen-bond donors (Lipinski definition) is 1. The van der Waals surface area contributed by atoms with Crippen LogP contribution in [0.5, 0.6) is 0 Å². The van der Waals surface area contributed by atoms with E-state index in [1.165, 1.54) is 5.56 Å². The summed E-state index contributed by atoms with van der Waals surface area (Å²) in [5.74, 6) is 0.423. The van der Waals surface area contributed by atoms with E-state index in [0.29, 0.717) is 16.4 Å². The van der Waals surface area contributed by atoms with Crippen molar-refractivity contribution in [3.8, 4) is 0 Å². The molecule has 0 amide bonds. The lowest BCUT2D eigenvalue weighted by molar-refractivity contribution is 0.460. The standard InChI is InChI=1S/C17H12ClN3O.C2H6/c18-13-8-12-6-10(1-3-15(12)20-9-13)5-11-2-4-16-14(7-11)17(19)21-22-16;1-2/h1-4,6-9H,5H2,(H2,19,21);1-2H3. The smallest absolute Gasteiger partial charge is 0.174 e. The molecule has 0 spiro atoms. The summed E-state index contributed by atoms with van der Waals surface area (Å²) in [6.45, 7) is 4.00. The van der Waals surface area contributed by atoms with Crippen LogP contribution in [0.1, 0.15) is 25.0 Å². The number of halogens is 1. The molecule has 2 aromatic carbocycles. The van der Waals surface area contributed by atoms with Gasteiger partial charge in [-0.3, -0.25) is 4.98 Å². The van der Waals surface area contributed by atoms with E-state index in [2.05, 4.69) is 22.3 Å². The van der Waals surface area contributed by atoms with Crippen LogP contribution in [0.15, 0.2) is 53.2 Å². The van der Waals surface area contributed by atoms with Gasteiger partial charge < -0.3 is 10.3 Å². The third-order valence-corrected chi connectivity index (χ3v) is 3.89. The zero-order chi connectivity index (χ0) is 17.1. The molecule has 4 rings (SSSR count). The van der Waals surface area contributed by atoms with Crippen LogP contribution in [-0.2, 0) is 6.42 Å². The molecule has 5 heteroatoms. The van der Waals surface area contributed by atoms with Crippen LogP contribution >= 0.6 is 11.6 Å². The molecule has 0 fully saturated rings. The number of hydrogen-bond acceptors (Lipinski definition) is 4. The highest BCUT2D eigenvalue weighted by Gasteiger charge is 2.07. The lowest BCUT2D eigenvalue weighted by Crippen LogP contribution is -1.90. The third kappa shape index (κ3) is 3.19. The molecular weight excluding hydrogens is 322 g/mol. The van der Waals surface area contributed by atoms with Gasteiger partial charge in [-0.2, -0.15) is 0 Å². The first-order valence-electron chi connectivity index (χ1n) is 7.87. The molecule has 0 radical (unpaired) electrons. The van der Waals surface area contributed by atoms with E-state index in [1.54, 1.807) is 6.20 Å². The fraction of sp³-hybridized carbons (Fsp3) is 0.158. The van der Waals surface area contributed by atoms with Crippen molar-refractivity contribution in [3.63, 3.8) is 0 Å². The molecule has 0 aliphatic rings. The molecule has 4 nitrogen and oxygen atoms in total. The van der Waals surface area contributed by atoms with E-state index in [9.17, 15) is 0 Å². The Morgan fingerprint density at radius 1 is 1.04 bits per heavy atom. The molecule has 4 aromatic rings. The summed E-state index contributed by atoms with van der Waals surface area (Å²) in [6, 6.07) is 14.0. The Kier molecular flexibility index (Phi) is 4.67. The molecule has 24 heavy (non-hydrogen) atoms. The van der Waals surface area contributed by atoms with Crippen molar-refractivity contribution in [1.82, 2.24) is 10.1 Å². The van der Waals surface area contributed by atoms with Crippen LogP contribution in [0.3, 0.4) is 0 Å². The summed E-state index contributed by atoms with van der Waals surface area (Å²) in [7, 11) is 0. The molecular formula is C19H18ClN3O. The SMILES string of the molecule is CC.Nc1noc2ccc(Cc3ccc4ncc(Cl)cc4c3)cc12. The van der Waals surface area contributed by atoms with Crippen LogP contribution in [0, 0.1) is 0 Å². The largest absolute Gasteiger partial charge is 0.380 e. The molecule has 2 heterocycles. The fourth-order valence-corrected chi connectivity index (χ4v) is 2.78. The maximum Gasteiger partial charge on any atom is 0.174 e. The number of nitrogens with two attached hydrogens (primary N) is 1. The van der Waals surface area contributed by atoms with E-state index in [0.717, 1.165) is 28.3 Å². The lowest BCUT2D eigenvalue weighted by atomic mass is 10.0. The second-order valence-electron chi connectivity index (χ2n) is 5.26. The number of nitrogens with zero attached hydrogens (tertiary/aromatic N) is 2. The van der Waals surface area contributed by atoms with Gasteiger partial charge in [-0.1, -0.05) is 42.7 Å². The first kappa shape index (κ1) is 16.3. The third-order valence-electron chi connectivity index (χ3n) is 3.68. The van der Waals surface area contributed by atoms with Crippen LogP contribution < -0.4 is 5.73 Å². The topological polar surface area (TPSA) is 64.9 Å². The number of fused-ring (bicyclic) bond motifs is 2. The fourth-order valence-electron chi connectivity index (χ4n) is 2.61. The van der Waals surface area contributed by atoms with Crippen molar-refractivity contribution in [2.24, 2.45) is 0 Å². The summed E-state index contributed by atoms with van der Waals surface area (Å²) >= 11 is 6.01. The normalized spacial score (nSPS) is 10.6. The highest BCUT2D eigenvalue weighted by Crippen LogP contribution is 2.24. The molecule has 2 aromatic heterocycles. The molecule has 0 aliphatic heterocycles. The van der Waals surface area contributed by atoms with Crippen LogP contribution in [0.25, 0.3) is 21.9 Å². The second kappa shape index (κ2) is 6.89. The Hall–Kier alpha value is -2.59. The van der Waals surface area contributed by atoms with Gasteiger partial charge in [0.05, 0.1) is 15.9 Å². The Balaban J connectivity index is 0.000000815. The number of aromatic nitrogens is 2. The minimum absolute atomic E-state index is 0.423. The van der Waals surface area contributed by atoms with Crippen molar-refractivity contribution in [2.75, 3.05) is 5.73 Å². The summed E-state index contributed by atoms with van der Waals surface area (Å²) < 4.78 is 5.13. The zero-order valence-electron chi connectivity index (χ0n) is 13.6. The summed E-state index contributed by atoms with van der Waals surface area (Å²) in [5, 5.41) is 6.30. The van der Waals surface area contributed by atoms with E-state index in [4.69, 9.17) is 21.9 Å². The monoisotopic (exact) mass is 339 g/mol. The quantitative estimate of drug-likeness (QED) is 0.543. The number of pyridine rings is 1. The van der Waals surface area contributed by atoms with Crippen LogP contribution in [0.2, 0.25) is 5.02 Å². The molecule has 0 atom stereocenters. The number of nitrogen functional groups attached to an aromatic ring is 1. The molecule has 0 saturated carbocycles. The van der Waals surface area contributed by atoms with Gasteiger partial charge in [-0.15, -0.1) is 0 Å². The predicted molar refractivity (Wildman–Crippen MR) is 99.3 cm³/mol. The van der Waals surface area contributed by atoms with Gasteiger partial charge >= 0.3 is 0 Å². The first-order chi connectivity index (χ1) is 11.7. The number of rotatable bonds is 2. The van der Waals surface area contributed by atoms with E-state index >= 15 is 0 Å². The van der Waals surface area contributed by atoms with Crippen molar-refractivity contribution in [2.45, 2.75) is 20.3 Å². The van der Waals surface area contributed by atoms with Gasteiger partial charge in [-0.05, 0) is 47.9 Å². The van der Waals surface area contributed by atoms with Gasteiger partial charge in [-0.25, -0.2) is 0 Å². The maximum absolute atomic E-state index is 6.01. The van der Waals surface area contributed by atoms with Gasteiger partial charge in [0, 0.05) is 11.6 Å². The average molecular weight is 340 g/mol. The summed E-state index contributed by atoms with van der Waals surface area (Å²) in [5.41, 5.74) is 9.78. The summed E-state index contributed by atoms with van der Waals surface area (Å²) in [4.78, 5) is 4.31. The van der Waals surface area contributed by atoms with Crippen molar-refractivity contribution < 1.29 is 4.52 Å². The van der Waals surface area contributed by atoms with Gasteiger partial charge in [0.2, 0.25) is 0 Å². The average Bonchev–Trinajstić information content (AvgIpc) is 2.97. The maximum atomic E-state index is 6.01. The van der Waals surface area contributed by atoms with Gasteiger partial charge in [0.25, 0.3) is 0 Å². The van der Waals surface area contributed by atoms with Gasteiger partial charge in [0.15, 0.2) is 11.4 Å². The zero-order valence-corrected chi connectivity index (χ0v) is 14.3. The Bertz CT molecular complexity index is 994. The number of anilines is 1. The molecule has 2 N–H and O–H groups in total. The second-order valence-corrected chi connectivity index (χ2v) is 5.69. The van der Waals surface area contributed by atoms with E-state index in [-0.39, 0.29) is 0 Å². The highest BCUT2D eigenvalue weighted by atomic mass is 35.5.